The summed E-state index contributed by atoms with van der Waals surface area (Å²) in [5.41, 5.74) is 1.09. The average Bonchev–Trinajstić information content (AvgIpc) is 3.25. The summed E-state index contributed by atoms with van der Waals surface area (Å²) >= 11 is 5.82. The van der Waals surface area contributed by atoms with Gasteiger partial charge in [0.15, 0.2) is 5.82 Å². The Morgan fingerprint density at radius 1 is 1.12 bits per heavy atom. The minimum atomic E-state index is 0.262. The van der Waals surface area contributed by atoms with Gasteiger partial charge in [-0.1, -0.05) is 18.2 Å². The molecule has 0 N–H and O–H groups in total. The maximum Gasteiger partial charge on any atom is 0.203 e. The van der Waals surface area contributed by atoms with Crippen LogP contribution in [0.1, 0.15) is 25.6 Å². The van der Waals surface area contributed by atoms with Crippen LogP contribution in [-0.2, 0) is 18.0 Å². The molecule has 0 spiro atoms. The topological polar surface area (TPSA) is 38.5 Å². The predicted octanol–water partition coefficient (Wildman–Crippen LogP) is 2.68. The van der Waals surface area contributed by atoms with Gasteiger partial charge in [-0.3, -0.25) is 14.4 Å². The van der Waals surface area contributed by atoms with E-state index >= 15 is 0 Å². The van der Waals surface area contributed by atoms with Crippen molar-refractivity contribution in [1.82, 2.24) is 24.1 Å². The maximum atomic E-state index is 5.82. The lowest BCUT2D eigenvalue weighted by molar-refractivity contribution is -0.0307. The first-order chi connectivity index (χ1) is 12.7. The second-order valence-corrected chi connectivity index (χ2v) is 7.62. The fourth-order valence-corrected chi connectivity index (χ4v) is 4.14. The van der Waals surface area contributed by atoms with Crippen LogP contribution in [0.15, 0.2) is 30.3 Å². The number of aromatic nitrogens is 3. The van der Waals surface area contributed by atoms with E-state index in [1.165, 1.54) is 12.8 Å². The van der Waals surface area contributed by atoms with Crippen molar-refractivity contribution in [1.29, 1.82) is 0 Å². The van der Waals surface area contributed by atoms with Crippen molar-refractivity contribution >= 4 is 12.2 Å². The van der Waals surface area contributed by atoms with E-state index in [4.69, 9.17) is 22.1 Å². The lowest BCUT2D eigenvalue weighted by Gasteiger charge is -2.30. The zero-order valence-electron chi connectivity index (χ0n) is 15.4. The van der Waals surface area contributed by atoms with E-state index in [0.29, 0.717) is 0 Å². The van der Waals surface area contributed by atoms with Gasteiger partial charge in [-0.25, -0.2) is 4.68 Å². The number of rotatable bonds is 5. The van der Waals surface area contributed by atoms with E-state index in [1.807, 2.05) is 10.7 Å². The van der Waals surface area contributed by atoms with E-state index in [0.717, 1.165) is 62.3 Å². The summed E-state index contributed by atoms with van der Waals surface area (Å²) in [4.78, 5) is 4.84. The third kappa shape index (κ3) is 3.91. The summed E-state index contributed by atoms with van der Waals surface area (Å²) in [6.07, 6.45) is 2.81. The Bertz CT molecular complexity index is 781. The molecule has 2 saturated heterocycles. The average molecular weight is 374 g/mol. The Labute approximate surface area is 160 Å². The maximum absolute atomic E-state index is 5.82. The number of benzene rings is 1. The number of hydrogen-bond acceptors (Lipinski definition) is 5. The van der Waals surface area contributed by atoms with Crippen molar-refractivity contribution in [3.8, 4) is 5.69 Å². The van der Waals surface area contributed by atoms with E-state index in [2.05, 4.69) is 45.6 Å². The minimum Gasteiger partial charge on any atom is -0.376 e. The molecule has 26 heavy (non-hydrogen) atoms. The first kappa shape index (κ1) is 17.9. The molecular weight excluding hydrogens is 346 g/mol. The molecule has 7 heteroatoms. The van der Waals surface area contributed by atoms with Gasteiger partial charge in [-0.2, -0.15) is 5.10 Å². The molecule has 1 aromatic heterocycles. The zero-order chi connectivity index (χ0) is 17.9. The third-order valence-electron chi connectivity index (χ3n) is 5.14. The van der Waals surface area contributed by atoms with Crippen LogP contribution in [-0.4, -0.2) is 63.0 Å². The van der Waals surface area contributed by atoms with Gasteiger partial charge in [0.1, 0.15) is 0 Å². The molecule has 140 valence electrons. The molecular formula is C19H27N5OS. The highest BCUT2D eigenvalue weighted by atomic mass is 32.1. The second kappa shape index (κ2) is 8.00. The van der Waals surface area contributed by atoms with Gasteiger partial charge in [0.05, 0.1) is 25.9 Å². The minimum absolute atomic E-state index is 0.262. The highest BCUT2D eigenvalue weighted by Gasteiger charge is 2.21. The highest BCUT2D eigenvalue weighted by molar-refractivity contribution is 7.71. The molecule has 0 radical (unpaired) electrons. The van der Waals surface area contributed by atoms with Crippen LogP contribution in [0.25, 0.3) is 5.69 Å². The summed E-state index contributed by atoms with van der Waals surface area (Å²) in [7, 11) is 0. The fraction of sp³-hybridized carbons (Fsp3) is 0.579. The van der Waals surface area contributed by atoms with Crippen LogP contribution < -0.4 is 0 Å². The molecule has 6 nitrogen and oxygen atoms in total. The van der Waals surface area contributed by atoms with Crippen LogP contribution in [0.4, 0.5) is 0 Å². The summed E-state index contributed by atoms with van der Waals surface area (Å²) in [6, 6.07) is 10.3. The lowest BCUT2D eigenvalue weighted by Crippen LogP contribution is -2.42. The predicted molar refractivity (Wildman–Crippen MR) is 104 cm³/mol. The first-order valence-corrected chi connectivity index (χ1v) is 9.92. The normalized spacial score (nSPS) is 22.1. The van der Waals surface area contributed by atoms with Crippen LogP contribution in [0.5, 0.6) is 0 Å². The number of likely N-dealkylation sites (tertiary alicyclic amines) is 1. The molecule has 2 aliphatic rings. The Balaban J connectivity index is 1.64. The number of morpholine rings is 1. The molecule has 1 aromatic carbocycles. The van der Waals surface area contributed by atoms with E-state index < -0.39 is 0 Å². The molecule has 1 atom stereocenters. The molecule has 0 aliphatic carbocycles. The molecule has 4 rings (SSSR count). The number of hydrogen-bond donors (Lipinski definition) is 0. The Hall–Kier alpha value is -1.54. The molecule has 0 bridgehead atoms. The van der Waals surface area contributed by atoms with Gasteiger partial charge in [0.2, 0.25) is 4.77 Å². The van der Waals surface area contributed by atoms with Crippen LogP contribution >= 0.6 is 12.2 Å². The first-order valence-electron chi connectivity index (χ1n) is 9.51. The Morgan fingerprint density at radius 3 is 2.62 bits per heavy atom. The zero-order valence-corrected chi connectivity index (χ0v) is 16.2. The molecule has 1 unspecified atom stereocenters. The lowest BCUT2D eigenvalue weighted by atomic mass is 10.3. The quantitative estimate of drug-likeness (QED) is 0.754. The van der Waals surface area contributed by atoms with Crippen molar-refractivity contribution in [3.05, 3.63) is 40.9 Å². The van der Waals surface area contributed by atoms with Gasteiger partial charge >= 0.3 is 0 Å². The van der Waals surface area contributed by atoms with E-state index in [1.54, 1.807) is 0 Å². The standard InChI is InChI=1S/C19H27N5OS/c1-16-13-22(11-12-25-16)15-23-19(26)24(17-7-3-2-4-8-17)18(20-23)14-21-9-5-6-10-21/h2-4,7-8,16H,5-6,9-15H2,1H3. The van der Waals surface area contributed by atoms with Gasteiger partial charge in [0, 0.05) is 18.8 Å². The van der Waals surface area contributed by atoms with Gasteiger partial charge in [0.25, 0.3) is 0 Å². The Kier molecular flexibility index (Phi) is 5.49. The molecule has 2 aliphatic heterocycles. The highest BCUT2D eigenvalue weighted by Crippen LogP contribution is 2.17. The molecule has 3 heterocycles. The van der Waals surface area contributed by atoms with Crippen LogP contribution in [0.2, 0.25) is 0 Å². The summed E-state index contributed by atoms with van der Waals surface area (Å²) in [5.74, 6) is 1.03. The van der Waals surface area contributed by atoms with Crippen LogP contribution in [0.3, 0.4) is 0 Å². The van der Waals surface area contributed by atoms with Crippen molar-refractivity contribution in [2.24, 2.45) is 0 Å². The smallest absolute Gasteiger partial charge is 0.203 e. The van der Waals surface area contributed by atoms with Gasteiger partial charge in [-0.15, -0.1) is 0 Å². The Morgan fingerprint density at radius 2 is 1.88 bits per heavy atom. The largest absolute Gasteiger partial charge is 0.376 e. The number of ether oxygens (including phenoxy) is 1. The van der Waals surface area contributed by atoms with Gasteiger partial charge in [-0.05, 0) is 57.2 Å². The molecule has 0 saturated carbocycles. The van der Waals surface area contributed by atoms with Crippen molar-refractivity contribution in [3.63, 3.8) is 0 Å². The second-order valence-electron chi connectivity index (χ2n) is 7.25. The van der Waals surface area contributed by atoms with Gasteiger partial charge < -0.3 is 4.74 Å². The summed E-state index contributed by atoms with van der Waals surface area (Å²) < 4.78 is 10.5. The van der Waals surface area contributed by atoms with Crippen molar-refractivity contribution in [2.75, 3.05) is 32.8 Å². The molecule has 0 amide bonds. The number of para-hydroxylation sites is 1. The monoisotopic (exact) mass is 373 g/mol. The van der Waals surface area contributed by atoms with Crippen molar-refractivity contribution < 1.29 is 4.74 Å². The summed E-state index contributed by atoms with van der Waals surface area (Å²) in [5, 5.41) is 4.92. The van der Waals surface area contributed by atoms with E-state index in [9.17, 15) is 0 Å². The number of nitrogens with zero attached hydrogens (tertiary/aromatic N) is 5. The summed E-state index contributed by atoms with van der Waals surface area (Å²) in [6.45, 7) is 8.60. The third-order valence-corrected chi connectivity index (χ3v) is 5.54. The van der Waals surface area contributed by atoms with Crippen molar-refractivity contribution in [2.45, 2.75) is 39.1 Å². The van der Waals surface area contributed by atoms with E-state index in [-0.39, 0.29) is 6.10 Å². The van der Waals surface area contributed by atoms with Crippen LogP contribution in [0, 0.1) is 4.77 Å². The SMILES string of the molecule is CC1CN(Cn2nc(CN3CCCC3)n(-c3ccccc3)c2=S)CCO1. The molecule has 2 fully saturated rings. The molecule has 2 aromatic rings. The fourth-order valence-electron chi connectivity index (χ4n) is 3.83.